The fraction of sp³-hybridized carbons (Fsp3) is 0.136. The van der Waals surface area contributed by atoms with Gasteiger partial charge in [0, 0.05) is 16.9 Å². The molecule has 11 heteroatoms. The van der Waals surface area contributed by atoms with Gasteiger partial charge in [-0.25, -0.2) is 8.42 Å². The molecule has 0 saturated carbocycles. The van der Waals surface area contributed by atoms with Gasteiger partial charge in [-0.05, 0) is 54.1 Å². The molecule has 33 heavy (non-hydrogen) atoms. The van der Waals surface area contributed by atoms with Gasteiger partial charge in [-0.2, -0.15) is 4.72 Å². The molecule has 1 atom stereocenters. The van der Waals surface area contributed by atoms with Gasteiger partial charge in [0.25, 0.3) is 0 Å². The van der Waals surface area contributed by atoms with Crippen molar-refractivity contribution in [2.75, 3.05) is 11.9 Å². The van der Waals surface area contributed by atoms with Gasteiger partial charge in [-0.15, -0.1) is 0 Å². The molecule has 0 bridgehead atoms. The molecule has 3 N–H and O–H groups in total. The Hall–Kier alpha value is -3.47. The van der Waals surface area contributed by atoms with Crippen LogP contribution in [0.1, 0.15) is 5.56 Å². The van der Waals surface area contributed by atoms with Crippen LogP contribution in [0.4, 0.5) is 5.69 Å². The molecule has 1 amide bonds. The molecule has 0 saturated heterocycles. The van der Waals surface area contributed by atoms with Crippen molar-refractivity contribution in [1.29, 1.82) is 0 Å². The van der Waals surface area contributed by atoms with Gasteiger partial charge in [-0.3, -0.25) is 14.6 Å². The number of carboxylic acids is 1. The number of nitrogens with one attached hydrogen (secondary N) is 2. The fourth-order valence-corrected chi connectivity index (χ4v) is 4.06. The van der Waals surface area contributed by atoms with Gasteiger partial charge >= 0.3 is 5.97 Å². The molecule has 0 aliphatic heterocycles. The molecule has 1 heterocycles. The van der Waals surface area contributed by atoms with Crippen LogP contribution in [-0.4, -0.2) is 43.0 Å². The number of rotatable bonds is 10. The Morgan fingerprint density at radius 1 is 1.06 bits per heavy atom. The van der Waals surface area contributed by atoms with Crippen LogP contribution in [0, 0.1) is 0 Å². The summed E-state index contributed by atoms with van der Waals surface area (Å²) in [4.78, 5) is 27.6. The topological polar surface area (TPSA) is 135 Å². The molecule has 3 aromatic rings. The maximum Gasteiger partial charge on any atom is 0.307 e. The second-order valence-electron chi connectivity index (χ2n) is 6.88. The zero-order chi connectivity index (χ0) is 23.8. The van der Waals surface area contributed by atoms with Crippen LogP contribution < -0.4 is 14.8 Å². The summed E-state index contributed by atoms with van der Waals surface area (Å²) < 4.78 is 33.5. The lowest BCUT2D eigenvalue weighted by Crippen LogP contribution is -2.47. The van der Waals surface area contributed by atoms with Gasteiger partial charge in [0.05, 0.1) is 17.5 Å². The minimum Gasteiger partial charge on any atom is -0.490 e. The molecule has 9 nitrogen and oxygen atoms in total. The SMILES string of the molecule is O=C(O)Cc1ccc(NC(=O)C(COc2cccnc2)NS(=O)(=O)c2ccc(Cl)cc2)cc1. The Balaban J connectivity index is 1.77. The number of aromatic nitrogens is 1. The number of benzene rings is 2. The van der Waals surface area contributed by atoms with Crippen molar-refractivity contribution >= 4 is 39.2 Å². The highest BCUT2D eigenvalue weighted by atomic mass is 35.5. The third kappa shape index (κ3) is 7.28. The first kappa shape index (κ1) is 24.2. The Bertz CT molecular complexity index is 1200. The van der Waals surface area contributed by atoms with E-state index < -0.39 is 27.9 Å². The zero-order valence-corrected chi connectivity index (χ0v) is 18.7. The average molecular weight is 490 g/mol. The summed E-state index contributed by atoms with van der Waals surface area (Å²) >= 11 is 5.83. The van der Waals surface area contributed by atoms with Crippen LogP contribution >= 0.6 is 11.6 Å². The van der Waals surface area contributed by atoms with E-state index in [2.05, 4.69) is 15.0 Å². The molecule has 3 rings (SSSR count). The second-order valence-corrected chi connectivity index (χ2v) is 9.03. The van der Waals surface area contributed by atoms with Crippen molar-refractivity contribution in [3.63, 3.8) is 0 Å². The van der Waals surface area contributed by atoms with E-state index in [-0.39, 0.29) is 17.9 Å². The lowest BCUT2D eigenvalue weighted by atomic mass is 10.1. The van der Waals surface area contributed by atoms with E-state index >= 15 is 0 Å². The Morgan fingerprint density at radius 2 is 1.76 bits per heavy atom. The van der Waals surface area contributed by atoms with Gasteiger partial charge in [0.1, 0.15) is 18.4 Å². The number of aliphatic carboxylic acids is 1. The normalized spacial score (nSPS) is 12.0. The van der Waals surface area contributed by atoms with Crippen LogP contribution in [0.15, 0.2) is 78.0 Å². The first-order valence-corrected chi connectivity index (χ1v) is 11.5. The van der Waals surface area contributed by atoms with Gasteiger partial charge < -0.3 is 15.2 Å². The number of carbonyl (C=O) groups excluding carboxylic acids is 1. The minimum absolute atomic E-state index is 0.0656. The minimum atomic E-state index is -4.07. The highest BCUT2D eigenvalue weighted by Gasteiger charge is 2.27. The number of ether oxygens (including phenoxy) is 1. The number of sulfonamides is 1. The zero-order valence-electron chi connectivity index (χ0n) is 17.1. The lowest BCUT2D eigenvalue weighted by Gasteiger charge is -2.19. The lowest BCUT2D eigenvalue weighted by molar-refractivity contribution is -0.136. The number of halogens is 1. The van der Waals surface area contributed by atoms with Crippen LogP contribution in [0.5, 0.6) is 5.75 Å². The average Bonchev–Trinajstić information content (AvgIpc) is 2.78. The van der Waals surface area contributed by atoms with E-state index in [1.165, 1.54) is 42.6 Å². The molecule has 0 radical (unpaired) electrons. The van der Waals surface area contributed by atoms with E-state index in [4.69, 9.17) is 21.4 Å². The Kier molecular flexibility index (Phi) is 7.99. The highest BCUT2D eigenvalue weighted by Crippen LogP contribution is 2.16. The van der Waals surface area contributed by atoms with Crippen LogP contribution in [0.25, 0.3) is 0 Å². The first-order chi connectivity index (χ1) is 15.7. The number of nitrogens with zero attached hydrogens (tertiary/aromatic N) is 1. The monoisotopic (exact) mass is 489 g/mol. The van der Waals surface area contributed by atoms with Crippen LogP contribution in [0.3, 0.4) is 0 Å². The van der Waals surface area contributed by atoms with Crippen molar-refractivity contribution in [2.24, 2.45) is 0 Å². The number of carboxylic acid groups (broad SMARTS) is 1. The number of hydrogen-bond donors (Lipinski definition) is 3. The number of pyridine rings is 1. The van der Waals surface area contributed by atoms with Crippen molar-refractivity contribution in [1.82, 2.24) is 9.71 Å². The molecular weight excluding hydrogens is 470 g/mol. The number of amides is 1. The Labute approximate surface area is 195 Å². The quantitative estimate of drug-likeness (QED) is 0.398. The third-order valence-electron chi connectivity index (χ3n) is 4.37. The summed E-state index contributed by atoms with van der Waals surface area (Å²) in [5, 5.41) is 11.8. The maximum atomic E-state index is 12.9. The molecular formula is C22H20ClN3O6S. The maximum absolute atomic E-state index is 12.9. The highest BCUT2D eigenvalue weighted by molar-refractivity contribution is 7.89. The molecule has 172 valence electrons. The predicted octanol–water partition coefficient (Wildman–Crippen LogP) is 2.73. The van der Waals surface area contributed by atoms with Crippen molar-refractivity contribution in [2.45, 2.75) is 17.4 Å². The van der Waals surface area contributed by atoms with E-state index in [1.807, 2.05) is 0 Å². The van der Waals surface area contributed by atoms with E-state index in [9.17, 15) is 18.0 Å². The second kappa shape index (κ2) is 10.9. The smallest absolute Gasteiger partial charge is 0.307 e. The molecule has 0 spiro atoms. The first-order valence-electron chi connectivity index (χ1n) is 9.65. The molecule has 2 aromatic carbocycles. The van der Waals surface area contributed by atoms with Crippen molar-refractivity contribution in [3.8, 4) is 5.75 Å². The van der Waals surface area contributed by atoms with Gasteiger partial charge in [-0.1, -0.05) is 23.7 Å². The summed E-state index contributed by atoms with van der Waals surface area (Å²) in [7, 11) is -4.07. The standard InChI is InChI=1S/C22H20ClN3O6S/c23-16-5-9-19(10-6-16)33(30,31)26-20(14-32-18-2-1-11-24-13-18)22(29)25-17-7-3-15(4-8-17)12-21(27)28/h1-11,13,20,26H,12,14H2,(H,25,29)(H,27,28). The van der Waals surface area contributed by atoms with E-state index in [0.717, 1.165) is 0 Å². The summed E-state index contributed by atoms with van der Waals surface area (Å²) in [6, 6.07) is 13.6. The molecule has 0 fully saturated rings. The molecule has 0 aliphatic rings. The van der Waals surface area contributed by atoms with E-state index in [0.29, 0.717) is 22.0 Å². The summed E-state index contributed by atoms with van der Waals surface area (Å²) in [5.74, 6) is -1.28. The summed E-state index contributed by atoms with van der Waals surface area (Å²) in [5.41, 5.74) is 0.923. The van der Waals surface area contributed by atoms with Crippen LogP contribution in [-0.2, 0) is 26.0 Å². The van der Waals surface area contributed by atoms with Crippen LogP contribution in [0.2, 0.25) is 5.02 Å². The number of anilines is 1. The fourth-order valence-electron chi connectivity index (χ4n) is 2.75. The molecule has 1 aromatic heterocycles. The van der Waals surface area contributed by atoms with Crippen molar-refractivity contribution in [3.05, 3.63) is 83.6 Å². The largest absolute Gasteiger partial charge is 0.490 e. The molecule has 0 aliphatic carbocycles. The molecule has 1 unspecified atom stereocenters. The number of hydrogen-bond acceptors (Lipinski definition) is 6. The van der Waals surface area contributed by atoms with Crippen molar-refractivity contribution < 1.29 is 27.9 Å². The summed E-state index contributed by atoms with van der Waals surface area (Å²) in [6.45, 7) is -0.304. The predicted molar refractivity (Wildman–Crippen MR) is 122 cm³/mol. The number of carbonyl (C=O) groups is 2. The summed E-state index contributed by atoms with van der Waals surface area (Å²) in [6.07, 6.45) is 2.83. The Morgan fingerprint density at radius 3 is 2.36 bits per heavy atom. The third-order valence-corrected chi connectivity index (χ3v) is 6.11. The van der Waals surface area contributed by atoms with E-state index in [1.54, 1.807) is 30.5 Å². The van der Waals surface area contributed by atoms with Gasteiger partial charge in [0.2, 0.25) is 15.9 Å². The van der Waals surface area contributed by atoms with Gasteiger partial charge in [0.15, 0.2) is 0 Å².